The molecule has 280 valence electrons. The van der Waals surface area contributed by atoms with Gasteiger partial charge in [-0.25, -0.2) is 0 Å². The van der Waals surface area contributed by atoms with Gasteiger partial charge in [0.2, 0.25) is 0 Å². The van der Waals surface area contributed by atoms with Crippen LogP contribution in [0.5, 0.6) is 17.2 Å². The molecule has 0 amide bonds. The lowest BCUT2D eigenvalue weighted by molar-refractivity contribution is -0.275. The zero-order valence-corrected chi connectivity index (χ0v) is 31.8. The fraction of sp³-hybridized carbons (Fsp3) is 0.125. The van der Waals surface area contributed by atoms with Crippen LogP contribution in [0.1, 0.15) is 45.6 Å². The minimum atomic E-state index is -5.38. The number of fused-ring (bicyclic) bond motifs is 2. The van der Waals surface area contributed by atoms with Crippen LogP contribution < -0.4 is 13.7 Å². The molecule has 1 N–H and O–H groups in total. The third-order valence-electron chi connectivity index (χ3n) is 9.91. The van der Waals surface area contributed by atoms with Crippen LogP contribution in [0.15, 0.2) is 137 Å². The monoisotopic (exact) mass is 898 g/mol. The molecule has 0 aliphatic heterocycles. The zero-order chi connectivity index (χ0) is 38.9. The number of hydrogen-bond acceptors (Lipinski definition) is 8. The number of esters is 1. The first-order chi connectivity index (χ1) is 26.1. The summed E-state index contributed by atoms with van der Waals surface area (Å²) in [6, 6.07) is 33.4. The molecular formula is C40H26F3IO9S2. The average Bonchev–Trinajstić information content (AvgIpc) is 3.13. The van der Waals surface area contributed by atoms with Gasteiger partial charge in [-0.1, -0.05) is 91.0 Å². The summed E-state index contributed by atoms with van der Waals surface area (Å²) in [6.45, 7) is 0. The maximum Gasteiger partial charge on any atom is 0.573 e. The van der Waals surface area contributed by atoms with Crippen LogP contribution in [0.4, 0.5) is 13.2 Å². The number of rotatable bonds is 8. The number of carbonyl (C=O) groups excluding carboxylic acids is 1. The molecule has 9 rings (SSSR count). The second-order valence-electron chi connectivity index (χ2n) is 13.0. The molecule has 0 radical (unpaired) electrons. The van der Waals surface area contributed by atoms with Crippen LogP contribution in [0.25, 0.3) is 10.8 Å². The Balaban J connectivity index is 1.31. The molecule has 0 saturated carbocycles. The Kier molecular flexibility index (Phi) is 9.18. The lowest BCUT2D eigenvalue weighted by atomic mass is 9.53. The third kappa shape index (κ3) is 6.72. The van der Waals surface area contributed by atoms with Crippen molar-refractivity contribution >= 4 is 59.6 Å². The van der Waals surface area contributed by atoms with Crippen molar-refractivity contribution in [3.05, 3.63) is 159 Å². The SMILES string of the molecule is O=C(Oc1cc(OC(F)(F)F)c(S(=O)(=O)O)c2ccccc12)C1C2c3ccccc3C(c3ccccc32)C1c1ccccc1OS(=O)(=O)c1ccc(I)cc1. The van der Waals surface area contributed by atoms with E-state index in [9.17, 15) is 39.4 Å². The van der Waals surface area contributed by atoms with Gasteiger partial charge in [0.1, 0.15) is 21.3 Å². The fourth-order valence-corrected chi connectivity index (χ4v) is 10.1. The van der Waals surface area contributed by atoms with Crippen LogP contribution in [0.2, 0.25) is 0 Å². The van der Waals surface area contributed by atoms with Crippen LogP contribution in [0.3, 0.4) is 0 Å². The van der Waals surface area contributed by atoms with Gasteiger partial charge in [-0.3, -0.25) is 9.35 Å². The first kappa shape index (κ1) is 37.0. The maximum absolute atomic E-state index is 14.9. The quantitative estimate of drug-likeness (QED) is 0.0523. The van der Waals surface area contributed by atoms with Crippen molar-refractivity contribution in [2.45, 2.75) is 33.9 Å². The Morgan fingerprint density at radius 1 is 0.636 bits per heavy atom. The zero-order valence-electron chi connectivity index (χ0n) is 28.0. The van der Waals surface area contributed by atoms with Crippen molar-refractivity contribution in [3.63, 3.8) is 0 Å². The van der Waals surface area contributed by atoms with Crippen LogP contribution in [-0.2, 0) is 25.0 Å². The molecule has 0 saturated heterocycles. The predicted molar refractivity (Wildman–Crippen MR) is 202 cm³/mol. The molecule has 2 atom stereocenters. The molecule has 3 aliphatic carbocycles. The molecular weight excluding hydrogens is 872 g/mol. The Hall–Kier alpha value is -4.97. The summed E-state index contributed by atoms with van der Waals surface area (Å²) in [7, 11) is -9.65. The molecule has 0 heterocycles. The van der Waals surface area contributed by atoms with Crippen molar-refractivity contribution in [1.29, 1.82) is 0 Å². The van der Waals surface area contributed by atoms with Gasteiger partial charge in [-0.2, -0.15) is 16.8 Å². The number of halogens is 4. The highest BCUT2D eigenvalue weighted by atomic mass is 127. The highest BCUT2D eigenvalue weighted by Gasteiger charge is 2.54. The maximum atomic E-state index is 14.9. The van der Waals surface area contributed by atoms with E-state index in [4.69, 9.17) is 8.92 Å². The van der Waals surface area contributed by atoms with Gasteiger partial charge in [0.15, 0.2) is 5.75 Å². The van der Waals surface area contributed by atoms with Crippen molar-refractivity contribution in [1.82, 2.24) is 0 Å². The Bertz CT molecular complexity index is 2690. The summed E-state index contributed by atoms with van der Waals surface area (Å²) >= 11 is 2.05. The molecule has 0 aromatic heterocycles. The molecule has 2 bridgehead atoms. The smallest absolute Gasteiger partial charge is 0.425 e. The lowest BCUT2D eigenvalue weighted by Crippen LogP contribution is -2.44. The van der Waals surface area contributed by atoms with Gasteiger partial charge in [0.05, 0.1) is 5.92 Å². The largest absolute Gasteiger partial charge is 0.573 e. The van der Waals surface area contributed by atoms with E-state index in [1.807, 2.05) is 48.5 Å². The molecule has 0 spiro atoms. The van der Waals surface area contributed by atoms with Crippen LogP contribution >= 0.6 is 22.6 Å². The molecule has 6 aromatic carbocycles. The van der Waals surface area contributed by atoms with E-state index in [1.165, 1.54) is 36.4 Å². The van der Waals surface area contributed by atoms with Gasteiger partial charge in [0, 0.05) is 43.7 Å². The Morgan fingerprint density at radius 2 is 1.15 bits per heavy atom. The molecule has 3 aliphatic rings. The normalized spacial score (nSPS) is 19.0. The Labute approximate surface area is 326 Å². The van der Waals surface area contributed by atoms with Gasteiger partial charge in [-0.15, -0.1) is 13.2 Å². The summed E-state index contributed by atoms with van der Waals surface area (Å²) in [4.78, 5) is 13.7. The number of hydrogen-bond donors (Lipinski definition) is 1. The standard InChI is InChI=1S/C40H26F3IO9S2/c41-40(42,43)52-33-21-32(24-9-1-6-14-29(24)38(33)54(46,47)48)51-39(45)37-35-27-12-4-2-10-25(27)34(26-11-3-5-13-28(26)35)36(37)30-15-7-8-16-31(30)53-55(49,50)23-19-17-22(44)18-20-23/h1-21,34-37H,(H,46,47,48). The van der Waals surface area contributed by atoms with Crippen LogP contribution in [0, 0.1) is 9.49 Å². The van der Waals surface area contributed by atoms with Crippen LogP contribution in [-0.4, -0.2) is 33.7 Å². The van der Waals surface area contributed by atoms with E-state index in [-0.39, 0.29) is 21.4 Å². The molecule has 15 heteroatoms. The summed E-state index contributed by atoms with van der Waals surface area (Å²) in [5, 5.41) is -0.477. The third-order valence-corrected chi connectivity index (χ3v) is 12.8. The predicted octanol–water partition coefficient (Wildman–Crippen LogP) is 8.95. The minimum Gasteiger partial charge on any atom is -0.425 e. The van der Waals surface area contributed by atoms with Crippen molar-refractivity contribution < 1.29 is 53.0 Å². The summed E-state index contributed by atoms with van der Waals surface area (Å²) < 4.78 is 120. The molecule has 55 heavy (non-hydrogen) atoms. The number of ether oxygens (including phenoxy) is 2. The topological polar surface area (TPSA) is 133 Å². The van der Waals surface area contributed by atoms with E-state index in [0.29, 0.717) is 11.6 Å². The highest BCUT2D eigenvalue weighted by molar-refractivity contribution is 14.1. The van der Waals surface area contributed by atoms with E-state index in [2.05, 4.69) is 27.3 Å². The molecule has 2 unspecified atom stereocenters. The first-order valence-electron chi connectivity index (χ1n) is 16.6. The van der Waals surface area contributed by atoms with Crippen molar-refractivity contribution in [3.8, 4) is 17.2 Å². The van der Waals surface area contributed by atoms with Gasteiger partial charge in [0.25, 0.3) is 10.1 Å². The van der Waals surface area contributed by atoms with Gasteiger partial charge >= 0.3 is 22.4 Å². The lowest BCUT2D eigenvalue weighted by Gasteiger charge is -2.50. The van der Waals surface area contributed by atoms with E-state index < -0.39 is 72.6 Å². The summed E-state index contributed by atoms with van der Waals surface area (Å²) in [5.74, 6) is -5.86. The molecule has 9 nitrogen and oxygen atoms in total. The number of para-hydroxylation sites is 1. The number of alkyl halides is 3. The second kappa shape index (κ2) is 13.6. The first-order valence-corrected chi connectivity index (χ1v) is 20.5. The van der Waals surface area contributed by atoms with E-state index in [1.54, 1.807) is 30.3 Å². The summed E-state index contributed by atoms with van der Waals surface area (Å²) in [5.41, 5.74) is 3.76. The number of benzene rings is 6. The van der Waals surface area contributed by atoms with Crippen molar-refractivity contribution in [2.24, 2.45) is 5.92 Å². The van der Waals surface area contributed by atoms with Gasteiger partial charge < -0.3 is 13.7 Å². The number of carbonyl (C=O) groups is 1. The van der Waals surface area contributed by atoms with Crippen molar-refractivity contribution in [2.75, 3.05) is 0 Å². The average molecular weight is 899 g/mol. The second-order valence-corrected chi connectivity index (χ2v) is 17.1. The summed E-state index contributed by atoms with van der Waals surface area (Å²) in [6.07, 6.45) is -5.38. The highest BCUT2D eigenvalue weighted by Crippen LogP contribution is 2.63. The fourth-order valence-electron chi connectivity index (χ4n) is 7.95. The Morgan fingerprint density at radius 3 is 1.71 bits per heavy atom. The van der Waals surface area contributed by atoms with E-state index in [0.717, 1.165) is 31.9 Å². The molecule has 6 aromatic rings. The van der Waals surface area contributed by atoms with E-state index >= 15 is 0 Å². The van der Waals surface area contributed by atoms with Gasteiger partial charge in [-0.05, 0) is 75.2 Å². The minimum absolute atomic E-state index is 0.0322. The molecule has 0 fully saturated rings.